The molecule has 352 valence electrons. The van der Waals surface area contributed by atoms with E-state index in [9.17, 15) is 10.2 Å². The number of allylic oxidation sites excluding steroid dienone is 1. The van der Waals surface area contributed by atoms with Crippen LogP contribution >= 0.6 is 0 Å². The van der Waals surface area contributed by atoms with Gasteiger partial charge < -0.3 is 25.1 Å². The van der Waals surface area contributed by atoms with Gasteiger partial charge in [0.25, 0.3) is 0 Å². The fraction of sp³-hybridized carbons (Fsp3) is 0.476. The van der Waals surface area contributed by atoms with Crippen LogP contribution < -0.4 is 0 Å². The van der Waals surface area contributed by atoms with Crippen LogP contribution in [-0.2, 0) is 54.3 Å². The van der Waals surface area contributed by atoms with E-state index in [2.05, 4.69) is 133 Å². The monoisotopic (exact) mass is 970 g/mol. The molecule has 8 fully saturated rings. The van der Waals surface area contributed by atoms with Crippen molar-refractivity contribution in [3.05, 3.63) is 140 Å². The molecule has 0 unspecified atom stereocenters. The molecule has 1 heterocycles. The van der Waals surface area contributed by atoms with Gasteiger partial charge in [-0.2, -0.15) is 0 Å². The number of hydrogen-bond donors (Lipinski definition) is 2. The Hall–Kier alpha value is -3.75. The first kappa shape index (κ1) is 49.7. The zero-order valence-electron chi connectivity index (χ0n) is 42.1. The smallest absolute Gasteiger partial charge is 0.127 e. The maximum atomic E-state index is 12.8. The zero-order valence-corrected chi connectivity index (χ0v) is 44.5. The van der Waals surface area contributed by atoms with Gasteiger partial charge in [0.15, 0.2) is 0 Å². The molecule has 0 aliphatic heterocycles. The molecule has 67 heavy (non-hydrogen) atoms. The molecule has 5 aromatic rings. The Balaban J connectivity index is 0.00000203. The van der Waals surface area contributed by atoms with Crippen LogP contribution in [0.25, 0.3) is 44.8 Å². The molecule has 0 spiro atoms. The van der Waals surface area contributed by atoms with Gasteiger partial charge in [-0.15, -0.1) is 6.58 Å². The fourth-order valence-electron chi connectivity index (χ4n) is 15.4. The Labute approximate surface area is 423 Å². The molecule has 8 saturated carbocycles. The average molecular weight is 972 g/mol. The van der Waals surface area contributed by atoms with Crippen LogP contribution in [0.4, 0.5) is 0 Å². The van der Waals surface area contributed by atoms with Crippen molar-refractivity contribution in [3.8, 4) is 56.3 Å². The molecule has 4 heteroatoms. The molecule has 0 radical (unpaired) electrons. The van der Waals surface area contributed by atoms with Crippen molar-refractivity contribution >= 4 is 0 Å². The molecule has 0 atom stereocenters. The zero-order chi connectivity index (χ0) is 44.3. The SMILES string of the molecule is C=CCCc1cc(-c2ccccc2-c2cc(C(C)(C)C)cc(C34CC5CC(CC(C5)C3)C4)c2O)nc(-c2ccccc2-c2cc(C(C)(C)C)cc(C34CC5CC(CC(C5)C3)C4)c2O)c1.[CH3-].[CH3-].[Zr]. The molecule has 8 aliphatic carbocycles. The number of nitrogens with zero attached hydrogens (tertiary/aromatic N) is 1. The second kappa shape index (κ2) is 18.2. The standard InChI is InChI=1S/C61H71NO2.2CH3.Zr/c1-8-9-14-37-25-54(48-17-12-10-15-46(48)50-27-44(58(2,3)4)29-52(56(50)63)60-31-38-19-39(32-60)21-40(20-38)33-60)62-55(26-37)49-18-13-11-16-47(49)51-28-45(59(5,6)7)30-53(57(51)64)61-34-41-22-42(35-61)24-43(23-41)36-61;;;/h8,10-13,15-18,25-30,38-43,63-64H,1,9,14,19-24,31-36H2,2-7H3;2*1H3;/q;2*-1;. The van der Waals surface area contributed by atoms with Crippen LogP contribution in [0.1, 0.15) is 153 Å². The minimum atomic E-state index is -0.0837. The van der Waals surface area contributed by atoms with E-state index in [1.54, 1.807) is 0 Å². The first-order valence-electron chi connectivity index (χ1n) is 25.2. The van der Waals surface area contributed by atoms with Crippen molar-refractivity contribution < 1.29 is 36.4 Å². The summed E-state index contributed by atoms with van der Waals surface area (Å²) >= 11 is 0. The third-order valence-electron chi connectivity index (χ3n) is 17.7. The van der Waals surface area contributed by atoms with Gasteiger partial charge in [0.2, 0.25) is 0 Å². The van der Waals surface area contributed by atoms with E-state index in [1.165, 1.54) is 105 Å². The van der Waals surface area contributed by atoms with Crippen molar-refractivity contribution in [2.45, 2.75) is 153 Å². The summed E-state index contributed by atoms with van der Waals surface area (Å²) in [6.07, 6.45) is 19.2. The second-order valence-electron chi connectivity index (χ2n) is 24.4. The summed E-state index contributed by atoms with van der Waals surface area (Å²) in [5.74, 6) is 5.64. The summed E-state index contributed by atoms with van der Waals surface area (Å²) in [7, 11) is 0. The van der Waals surface area contributed by atoms with Gasteiger partial charge in [0, 0.05) is 59.6 Å². The predicted molar refractivity (Wildman–Crippen MR) is 278 cm³/mol. The molecule has 0 saturated heterocycles. The van der Waals surface area contributed by atoms with Crippen molar-refractivity contribution in [1.29, 1.82) is 0 Å². The second-order valence-corrected chi connectivity index (χ2v) is 24.4. The summed E-state index contributed by atoms with van der Waals surface area (Å²) in [4.78, 5) is 5.62. The summed E-state index contributed by atoms with van der Waals surface area (Å²) in [6.45, 7) is 18.0. The minimum Gasteiger partial charge on any atom is -0.507 e. The number of phenols is 2. The summed E-state index contributed by atoms with van der Waals surface area (Å²) in [5.41, 5.74) is 13.9. The van der Waals surface area contributed by atoms with Gasteiger partial charge in [-0.3, -0.25) is 0 Å². The molecule has 3 nitrogen and oxygen atoms in total. The number of pyridine rings is 1. The Kier molecular flexibility index (Phi) is 13.5. The largest absolute Gasteiger partial charge is 0.507 e. The Morgan fingerprint density at radius 3 is 1.16 bits per heavy atom. The number of aromatic hydroxyl groups is 2. The van der Waals surface area contributed by atoms with Crippen molar-refractivity contribution in [2.24, 2.45) is 35.5 Å². The van der Waals surface area contributed by atoms with E-state index in [0.717, 1.165) is 93.1 Å². The van der Waals surface area contributed by atoms with E-state index in [1.807, 2.05) is 6.08 Å². The number of phenolic OH excluding ortho intramolecular Hbond substituents is 2. The van der Waals surface area contributed by atoms with Gasteiger partial charge >= 0.3 is 0 Å². The number of rotatable bonds is 9. The maximum absolute atomic E-state index is 12.8. The van der Waals surface area contributed by atoms with Crippen molar-refractivity contribution in [2.75, 3.05) is 0 Å². The van der Waals surface area contributed by atoms with Crippen LogP contribution in [0, 0.1) is 50.4 Å². The van der Waals surface area contributed by atoms with Crippen molar-refractivity contribution in [3.63, 3.8) is 0 Å². The van der Waals surface area contributed by atoms with Gasteiger partial charge in [-0.25, -0.2) is 4.98 Å². The number of aryl methyl sites for hydroxylation is 1. The maximum Gasteiger partial charge on any atom is 0.127 e. The van der Waals surface area contributed by atoms with Gasteiger partial charge in [-0.1, -0.05) is 108 Å². The first-order chi connectivity index (χ1) is 30.6. The predicted octanol–water partition coefficient (Wildman–Crippen LogP) is 16.7. The first-order valence-corrected chi connectivity index (χ1v) is 25.2. The quantitative estimate of drug-likeness (QED) is 0.114. The fourth-order valence-corrected chi connectivity index (χ4v) is 15.4. The molecule has 13 rings (SSSR count). The van der Waals surface area contributed by atoms with E-state index in [4.69, 9.17) is 4.98 Å². The molecular weight excluding hydrogens is 894 g/mol. The van der Waals surface area contributed by atoms with Crippen molar-refractivity contribution in [1.82, 2.24) is 4.98 Å². The van der Waals surface area contributed by atoms with Gasteiger partial charge in [0.1, 0.15) is 11.5 Å². The third-order valence-corrected chi connectivity index (χ3v) is 17.7. The summed E-state index contributed by atoms with van der Waals surface area (Å²) < 4.78 is 0. The molecule has 8 bridgehead atoms. The van der Waals surface area contributed by atoms with Crippen LogP contribution in [0.3, 0.4) is 0 Å². The Bertz CT molecular complexity index is 2410. The minimum absolute atomic E-state index is 0. The number of hydrogen-bond acceptors (Lipinski definition) is 3. The van der Waals surface area contributed by atoms with Crippen LogP contribution in [0.2, 0.25) is 0 Å². The molecule has 0 amide bonds. The topological polar surface area (TPSA) is 53.4 Å². The summed E-state index contributed by atoms with van der Waals surface area (Å²) in [6, 6.07) is 31.2. The van der Waals surface area contributed by atoms with Crippen LogP contribution in [0.15, 0.2) is 97.6 Å². The molecule has 4 aromatic carbocycles. The summed E-state index contributed by atoms with van der Waals surface area (Å²) in [5, 5.41) is 25.5. The third kappa shape index (κ3) is 8.80. The molecule has 8 aliphatic rings. The molecule has 2 N–H and O–H groups in total. The normalized spacial score (nSPS) is 27.8. The van der Waals surface area contributed by atoms with E-state index >= 15 is 0 Å². The number of aromatic nitrogens is 1. The van der Waals surface area contributed by atoms with Gasteiger partial charge in [-0.05, 0) is 199 Å². The molecule has 1 aromatic heterocycles. The van der Waals surface area contributed by atoms with Gasteiger partial charge in [0.05, 0.1) is 11.4 Å². The van der Waals surface area contributed by atoms with Crippen LogP contribution in [0.5, 0.6) is 11.5 Å². The molecular formula is C63H77NO2Zr-2. The Morgan fingerprint density at radius 2 is 0.851 bits per heavy atom. The van der Waals surface area contributed by atoms with E-state index < -0.39 is 0 Å². The van der Waals surface area contributed by atoms with E-state index in [-0.39, 0.29) is 62.7 Å². The number of benzene rings is 4. The average Bonchev–Trinajstić information content (AvgIpc) is 3.24. The van der Waals surface area contributed by atoms with Crippen LogP contribution in [-0.4, -0.2) is 15.2 Å². The van der Waals surface area contributed by atoms with E-state index in [0.29, 0.717) is 11.5 Å². The Morgan fingerprint density at radius 1 is 0.522 bits per heavy atom.